The first-order valence-corrected chi connectivity index (χ1v) is 6.75. The lowest BCUT2D eigenvalue weighted by Crippen LogP contribution is -2.42. The van der Waals surface area contributed by atoms with Crippen molar-refractivity contribution in [2.24, 2.45) is 0 Å². The predicted molar refractivity (Wildman–Crippen MR) is 70.0 cm³/mol. The second-order valence-corrected chi connectivity index (χ2v) is 6.46. The topological polar surface area (TPSA) is 72.2 Å². The lowest BCUT2D eigenvalue weighted by molar-refractivity contribution is -0.119. The Bertz CT molecular complexity index is 463. The average Bonchev–Trinajstić information content (AvgIpc) is 2.12. The zero-order valence-corrected chi connectivity index (χ0v) is 11.4. The van der Waals surface area contributed by atoms with Gasteiger partial charge in [-0.2, -0.15) is 0 Å². The quantitative estimate of drug-likeness (QED) is 0.818. The van der Waals surface area contributed by atoms with E-state index in [2.05, 4.69) is 5.32 Å². The molecule has 0 spiro atoms. The van der Waals surface area contributed by atoms with Crippen LogP contribution in [0.3, 0.4) is 0 Å². The van der Waals surface area contributed by atoms with Crippen molar-refractivity contribution in [3.8, 4) is 0 Å². The van der Waals surface area contributed by atoms with Crippen LogP contribution in [-0.2, 0) is 15.6 Å². The molecule has 0 saturated carbocycles. The average molecular weight is 272 g/mol. The van der Waals surface area contributed by atoms with Crippen LogP contribution in [0.4, 0.5) is 10.1 Å². The molecule has 0 aliphatic rings. The molecule has 0 heterocycles. The number of anilines is 1. The summed E-state index contributed by atoms with van der Waals surface area (Å²) in [6, 6.07) is 3.66. The zero-order chi connectivity index (χ0) is 13.9. The Morgan fingerprint density at radius 1 is 1.39 bits per heavy atom. The van der Waals surface area contributed by atoms with Crippen LogP contribution < -0.4 is 11.1 Å². The lowest BCUT2D eigenvalue weighted by Gasteiger charge is -2.20. The number of rotatable bonds is 3. The van der Waals surface area contributed by atoms with E-state index in [0.29, 0.717) is 0 Å². The van der Waals surface area contributed by atoms with Gasteiger partial charge < -0.3 is 11.1 Å². The van der Waals surface area contributed by atoms with E-state index in [9.17, 15) is 13.4 Å². The Balaban J connectivity index is 2.74. The SMILES string of the molecule is CC(C)(C)NC(=O)CS(=O)c1cc(N)cc(F)c1. The summed E-state index contributed by atoms with van der Waals surface area (Å²) < 4.78 is 25.0. The van der Waals surface area contributed by atoms with Crippen molar-refractivity contribution in [3.63, 3.8) is 0 Å². The maximum Gasteiger partial charge on any atom is 0.233 e. The van der Waals surface area contributed by atoms with Crippen LogP contribution in [0, 0.1) is 5.82 Å². The number of hydrogen-bond donors (Lipinski definition) is 2. The van der Waals surface area contributed by atoms with Crippen LogP contribution in [0.1, 0.15) is 20.8 Å². The van der Waals surface area contributed by atoms with Gasteiger partial charge in [-0.1, -0.05) is 0 Å². The van der Waals surface area contributed by atoms with Gasteiger partial charge in [-0.3, -0.25) is 9.00 Å². The van der Waals surface area contributed by atoms with Crippen molar-refractivity contribution < 1.29 is 13.4 Å². The van der Waals surface area contributed by atoms with E-state index in [4.69, 9.17) is 5.73 Å². The fourth-order valence-corrected chi connectivity index (χ4v) is 2.36. The third kappa shape index (κ3) is 4.83. The number of benzene rings is 1. The number of halogens is 1. The predicted octanol–water partition coefficient (Wildman–Crippen LogP) is 1.43. The molecular weight excluding hydrogens is 255 g/mol. The van der Waals surface area contributed by atoms with Crippen LogP contribution in [0.5, 0.6) is 0 Å². The van der Waals surface area contributed by atoms with Crippen LogP contribution >= 0.6 is 0 Å². The molecule has 0 bridgehead atoms. The maximum absolute atomic E-state index is 13.1. The molecule has 3 N–H and O–H groups in total. The Hall–Kier alpha value is -1.43. The van der Waals surface area contributed by atoms with E-state index in [0.717, 1.165) is 12.1 Å². The molecule has 1 unspecified atom stereocenters. The number of nitrogens with one attached hydrogen (secondary N) is 1. The van der Waals surface area contributed by atoms with E-state index in [1.165, 1.54) is 6.07 Å². The highest BCUT2D eigenvalue weighted by molar-refractivity contribution is 7.85. The van der Waals surface area contributed by atoms with E-state index in [1.807, 2.05) is 20.8 Å². The van der Waals surface area contributed by atoms with Crippen LogP contribution in [-0.4, -0.2) is 21.4 Å². The molecule has 0 saturated heterocycles. The molecule has 1 aromatic carbocycles. The molecule has 100 valence electrons. The number of nitrogen functional groups attached to an aromatic ring is 1. The van der Waals surface area contributed by atoms with Crippen molar-refractivity contribution in [2.45, 2.75) is 31.2 Å². The summed E-state index contributed by atoms with van der Waals surface area (Å²) in [5, 5.41) is 2.69. The minimum atomic E-state index is -1.60. The van der Waals surface area contributed by atoms with Gasteiger partial charge in [-0.15, -0.1) is 0 Å². The number of amides is 1. The van der Waals surface area contributed by atoms with E-state index >= 15 is 0 Å². The van der Waals surface area contributed by atoms with Gasteiger partial charge in [-0.05, 0) is 39.0 Å². The Labute approximate surface area is 108 Å². The van der Waals surface area contributed by atoms with E-state index in [-0.39, 0.29) is 27.8 Å². The maximum atomic E-state index is 13.1. The normalized spacial score (nSPS) is 13.1. The molecule has 0 aromatic heterocycles. The molecule has 1 rings (SSSR count). The molecule has 4 nitrogen and oxygen atoms in total. The summed E-state index contributed by atoms with van der Waals surface area (Å²) in [7, 11) is -1.60. The fraction of sp³-hybridized carbons (Fsp3) is 0.417. The number of hydrogen-bond acceptors (Lipinski definition) is 3. The number of nitrogens with two attached hydrogens (primary N) is 1. The zero-order valence-electron chi connectivity index (χ0n) is 10.6. The van der Waals surface area contributed by atoms with Crippen molar-refractivity contribution >= 4 is 22.4 Å². The van der Waals surface area contributed by atoms with Crippen molar-refractivity contribution in [3.05, 3.63) is 24.0 Å². The van der Waals surface area contributed by atoms with Gasteiger partial charge in [-0.25, -0.2) is 4.39 Å². The van der Waals surface area contributed by atoms with Gasteiger partial charge in [0, 0.05) is 16.1 Å². The molecule has 18 heavy (non-hydrogen) atoms. The van der Waals surface area contributed by atoms with Gasteiger partial charge in [0.25, 0.3) is 0 Å². The van der Waals surface area contributed by atoms with Crippen LogP contribution in [0.25, 0.3) is 0 Å². The monoisotopic (exact) mass is 272 g/mol. The Morgan fingerprint density at radius 2 is 2.00 bits per heavy atom. The van der Waals surface area contributed by atoms with Crippen LogP contribution in [0.2, 0.25) is 0 Å². The lowest BCUT2D eigenvalue weighted by atomic mass is 10.1. The molecule has 0 aliphatic carbocycles. The van der Waals surface area contributed by atoms with E-state index in [1.54, 1.807) is 0 Å². The molecular formula is C12H17FN2O2S. The van der Waals surface area contributed by atoms with Crippen molar-refractivity contribution in [2.75, 3.05) is 11.5 Å². The third-order valence-corrected chi connectivity index (χ3v) is 3.22. The van der Waals surface area contributed by atoms with Gasteiger partial charge >= 0.3 is 0 Å². The van der Waals surface area contributed by atoms with Gasteiger partial charge in [0.15, 0.2) is 0 Å². The highest BCUT2D eigenvalue weighted by Gasteiger charge is 2.17. The summed E-state index contributed by atoms with van der Waals surface area (Å²) in [6.45, 7) is 5.48. The first kappa shape index (κ1) is 14.6. The summed E-state index contributed by atoms with van der Waals surface area (Å²) in [5.74, 6) is -1.11. The summed E-state index contributed by atoms with van der Waals surface area (Å²) >= 11 is 0. The molecule has 1 atom stereocenters. The number of carbonyl (C=O) groups excluding carboxylic acids is 1. The second kappa shape index (κ2) is 5.48. The number of carbonyl (C=O) groups is 1. The van der Waals surface area contributed by atoms with Crippen molar-refractivity contribution in [1.29, 1.82) is 0 Å². The Morgan fingerprint density at radius 3 is 2.50 bits per heavy atom. The van der Waals surface area contributed by atoms with Gasteiger partial charge in [0.05, 0.1) is 10.8 Å². The molecule has 0 radical (unpaired) electrons. The standard InChI is InChI=1S/C12H17FN2O2S/c1-12(2,3)15-11(16)7-18(17)10-5-8(13)4-9(14)6-10/h4-6H,7,14H2,1-3H3,(H,15,16). The summed E-state index contributed by atoms with van der Waals surface area (Å²) in [4.78, 5) is 11.8. The largest absolute Gasteiger partial charge is 0.399 e. The van der Waals surface area contributed by atoms with Gasteiger partial charge in [0.1, 0.15) is 11.6 Å². The minimum Gasteiger partial charge on any atom is -0.399 e. The molecule has 0 fully saturated rings. The highest BCUT2D eigenvalue weighted by Crippen LogP contribution is 2.14. The molecule has 1 aromatic rings. The molecule has 0 aliphatic heterocycles. The highest BCUT2D eigenvalue weighted by atomic mass is 32.2. The smallest absolute Gasteiger partial charge is 0.233 e. The molecule has 6 heteroatoms. The van der Waals surface area contributed by atoms with Crippen molar-refractivity contribution in [1.82, 2.24) is 5.32 Å². The second-order valence-electron chi connectivity index (χ2n) is 5.01. The third-order valence-electron chi connectivity index (χ3n) is 1.93. The van der Waals surface area contributed by atoms with Crippen LogP contribution in [0.15, 0.2) is 23.1 Å². The molecule has 1 amide bonds. The first-order valence-electron chi connectivity index (χ1n) is 5.43. The Kier molecular flexibility index (Phi) is 4.45. The fourth-order valence-electron chi connectivity index (χ4n) is 1.37. The summed E-state index contributed by atoms with van der Waals surface area (Å²) in [5.41, 5.74) is 5.26. The minimum absolute atomic E-state index is 0.189. The summed E-state index contributed by atoms with van der Waals surface area (Å²) in [6.07, 6.45) is 0. The van der Waals surface area contributed by atoms with E-state index < -0.39 is 16.6 Å². The van der Waals surface area contributed by atoms with Gasteiger partial charge in [0.2, 0.25) is 5.91 Å². The first-order chi connectivity index (χ1) is 8.17.